The highest BCUT2D eigenvalue weighted by atomic mass is 16.2. The van der Waals surface area contributed by atoms with Gasteiger partial charge in [0.25, 0.3) is 5.56 Å². The van der Waals surface area contributed by atoms with Crippen LogP contribution in [-0.2, 0) is 27.2 Å². The van der Waals surface area contributed by atoms with Crippen LogP contribution in [0.15, 0.2) is 34.1 Å². The summed E-state index contributed by atoms with van der Waals surface area (Å²) >= 11 is 0. The van der Waals surface area contributed by atoms with Crippen molar-refractivity contribution in [3.8, 4) is 0 Å². The minimum atomic E-state index is -0.318. The van der Waals surface area contributed by atoms with Gasteiger partial charge in [-0.15, -0.1) is 0 Å². The molecule has 0 aliphatic rings. The van der Waals surface area contributed by atoms with Crippen molar-refractivity contribution in [2.75, 3.05) is 0 Å². The molecule has 106 valence electrons. The Morgan fingerprint density at radius 2 is 1.95 bits per heavy atom. The van der Waals surface area contributed by atoms with Gasteiger partial charge < -0.3 is 9.88 Å². The van der Waals surface area contributed by atoms with E-state index in [1.807, 2.05) is 19.1 Å². The molecule has 0 unspecified atom stereocenters. The summed E-state index contributed by atoms with van der Waals surface area (Å²) < 4.78 is 2.52. The Kier molecular flexibility index (Phi) is 4.14. The van der Waals surface area contributed by atoms with E-state index < -0.39 is 0 Å². The molecule has 0 aromatic carbocycles. The fourth-order valence-corrected chi connectivity index (χ4v) is 1.95. The van der Waals surface area contributed by atoms with Crippen molar-refractivity contribution in [1.29, 1.82) is 0 Å². The lowest BCUT2D eigenvalue weighted by atomic mass is 10.2. The number of hydrogen-bond donors (Lipinski definition) is 1. The van der Waals surface area contributed by atoms with Crippen molar-refractivity contribution in [3.63, 3.8) is 0 Å². The molecule has 0 spiro atoms. The third kappa shape index (κ3) is 3.03. The van der Waals surface area contributed by atoms with Crippen LogP contribution in [-0.4, -0.2) is 14.1 Å². The van der Waals surface area contributed by atoms with Crippen molar-refractivity contribution in [2.24, 2.45) is 14.1 Å². The Morgan fingerprint density at radius 1 is 1.20 bits per heavy atom. The molecule has 2 aromatic rings. The topological polar surface area (TPSA) is 68.9 Å². The Hall–Kier alpha value is -2.21. The first kappa shape index (κ1) is 14.2. The normalized spacial score (nSPS) is 10.8. The van der Waals surface area contributed by atoms with Crippen LogP contribution in [0.25, 0.3) is 0 Å². The molecule has 20 heavy (non-hydrogen) atoms. The molecule has 2 aromatic heterocycles. The lowest BCUT2D eigenvalue weighted by Crippen LogP contribution is -2.39. The summed E-state index contributed by atoms with van der Waals surface area (Å²) in [5, 5.41) is 3.18. The maximum atomic E-state index is 11.9. The quantitative estimate of drug-likeness (QED) is 0.857. The maximum Gasteiger partial charge on any atom is 0.330 e. The second-order valence-electron chi connectivity index (χ2n) is 4.82. The molecule has 0 saturated carbocycles. The second kappa shape index (κ2) is 5.83. The fraction of sp³-hybridized carbons (Fsp3) is 0.357. The van der Waals surface area contributed by atoms with Crippen LogP contribution >= 0.6 is 0 Å². The highest BCUT2D eigenvalue weighted by Gasteiger charge is 2.06. The van der Waals surface area contributed by atoms with Gasteiger partial charge in [0.15, 0.2) is 0 Å². The molecule has 0 radical (unpaired) electrons. The van der Waals surface area contributed by atoms with Crippen LogP contribution in [0.3, 0.4) is 0 Å². The molecule has 0 atom stereocenters. The van der Waals surface area contributed by atoms with Gasteiger partial charge in [-0.2, -0.15) is 0 Å². The van der Waals surface area contributed by atoms with Gasteiger partial charge >= 0.3 is 5.69 Å². The fourth-order valence-electron chi connectivity index (χ4n) is 1.95. The first-order valence-corrected chi connectivity index (χ1v) is 6.37. The summed E-state index contributed by atoms with van der Waals surface area (Å²) in [5.74, 6) is 0. The van der Waals surface area contributed by atoms with Gasteiger partial charge in [0, 0.05) is 50.8 Å². The number of nitrogens with zero attached hydrogens (tertiary/aromatic N) is 3. The molecule has 1 N–H and O–H groups in total. The van der Waals surface area contributed by atoms with Crippen molar-refractivity contribution < 1.29 is 0 Å². The lowest BCUT2D eigenvalue weighted by molar-refractivity contribution is 0.630. The van der Waals surface area contributed by atoms with E-state index in [0.717, 1.165) is 15.8 Å². The third-order valence-corrected chi connectivity index (χ3v) is 3.13. The Labute approximate surface area is 116 Å². The summed E-state index contributed by atoms with van der Waals surface area (Å²) in [6.45, 7) is 2.97. The van der Waals surface area contributed by atoms with Gasteiger partial charge in [-0.25, -0.2) is 4.79 Å². The zero-order chi connectivity index (χ0) is 14.7. The van der Waals surface area contributed by atoms with Crippen LogP contribution in [0.5, 0.6) is 0 Å². The molecule has 0 saturated heterocycles. The molecule has 0 aliphatic heterocycles. The van der Waals surface area contributed by atoms with E-state index in [9.17, 15) is 9.59 Å². The molecule has 2 rings (SSSR count). The monoisotopic (exact) mass is 274 g/mol. The molecule has 0 aliphatic carbocycles. The molecule has 0 fully saturated rings. The van der Waals surface area contributed by atoms with E-state index in [1.165, 1.54) is 11.6 Å². The minimum absolute atomic E-state index is 0.261. The zero-order valence-corrected chi connectivity index (χ0v) is 11.9. The average molecular weight is 274 g/mol. The first-order chi connectivity index (χ1) is 9.49. The minimum Gasteiger partial charge on any atom is -0.308 e. The lowest BCUT2D eigenvalue weighted by Gasteiger charge is -2.08. The number of aromatic nitrogens is 3. The number of hydrogen-bond acceptors (Lipinski definition) is 4. The van der Waals surface area contributed by atoms with Crippen LogP contribution in [0.4, 0.5) is 0 Å². The van der Waals surface area contributed by atoms with E-state index in [4.69, 9.17) is 0 Å². The van der Waals surface area contributed by atoms with Crippen LogP contribution < -0.4 is 16.6 Å². The highest BCUT2D eigenvalue weighted by molar-refractivity contribution is 5.13. The number of rotatable bonds is 4. The number of pyridine rings is 1. The molecule has 6 nitrogen and oxygen atoms in total. The van der Waals surface area contributed by atoms with Crippen molar-refractivity contribution in [1.82, 2.24) is 19.4 Å². The summed E-state index contributed by atoms with van der Waals surface area (Å²) in [7, 11) is 3.12. The van der Waals surface area contributed by atoms with Crippen LogP contribution in [0, 0.1) is 6.92 Å². The SMILES string of the molecule is Cc1ccc(CNCc2cn(C)c(=O)n(C)c2=O)cn1. The van der Waals surface area contributed by atoms with Gasteiger partial charge in [-0.05, 0) is 18.6 Å². The van der Waals surface area contributed by atoms with Gasteiger partial charge in [-0.3, -0.25) is 14.3 Å². The van der Waals surface area contributed by atoms with Gasteiger partial charge in [0.1, 0.15) is 0 Å². The van der Waals surface area contributed by atoms with Crippen molar-refractivity contribution in [2.45, 2.75) is 20.0 Å². The van der Waals surface area contributed by atoms with Gasteiger partial charge in [0.2, 0.25) is 0 Å². The summed E-state index contributed by atoms with van der Waals surface area (Å²) in [6.07, 6.45) is 3.38. The predicted molar refractivity (Wildman–Crippen MR) is 76.4 cm³/mol. The van der Waals surface area contributed by atoms with Crippen LogP contribution in [0.2, 0.25) is 0 Å². The van der Waals surface area contributed by atoms with Crippen molar-refractivity contribution >= 4 is 0 Å². The molecular formula is C14H18N4O2. The van der Waals surface area contributed by atoms with Crippen LogP contribution in [0.1, 0.15) is 16.8 Å². The molecule has 6 heteroatoms. The predicted octanol–water partition coefficient (Wildman–Crippen LogP) is 0.0772. The third-order valence-electron chi connectivity index (χ3n) is 3.13. The first-order valence-electron chi connectivity index (χ1n) is 6.37. The Morgan fingerprint density at radius 3 is 2.60 bits per heavy atom. The summed E-state index contributed by atoms with van der Waals surface area (Å²) in [6, 6.07) is 3.94. The largest absolute Gasteiger partial charge is 0.330 e. The highest BCUT2D eigenvalue weighted by Crippen LogP contribution is 1.99. The van der Waals surface area contributed by atoms with E-state index in [2.05, 4.69) is 10.3 Å². The zero-order valence-electron chi connectivity index (χ0n) is 11.9. The molecule has 0 amide bonds. The summed E-state index contributed by atoms with van der Waals surface area (Å²) in [5.41, 5.74) is 2.01. The van der Waals surface area contributed by atoms with E-state index in [-0.39, 0.29) is 11.2 Å². The maximum absolute atomic E-state index is 11.9. The smallest absolute Gasteiger partial charge is 0.308 e. The molecular weight excluding hydrogens is 256 g/mol. The number of aryl methyl sites for hydroxylation is 2. The van der Waals surface area contributed by atoms with E-state index in [0.29, 0.717) is 18.7 Å². The number of nitrogens with one attached hydrogen (secondary N) is 1. The van der Waals surface area contributed by atoms with E-state index >= 15 is 0 Å². The van der Waals surface area contributed by atoms with Crippen molar-refractivity contribution in [3.05, 3.63) is 62.2 Å². The molecule has 2 heterocycles. The molecule has 0 bridgehead atoms. The Balaban J connectivity index is 2.07. The summed E-state index contributed by atoms with van der Waals surface area (Å²) in [4.78, 5) is 27.7. The average Bonchev–Trinajstić information content (AvgIpc) is 2.44. The Bertz CT molecular complexity index is 713. The standard InChI is InChI=1S/C14H18N4O2/c1-10-4-5-11(7-16-10)6-15-8-12-9-17(2)14(20)18(3)13(12)19/h4-5,7,9,15H,6,8H2,1-3H3. The van der Waals surface area contributed by atoms with Gasteiger partial charge in [-0.1, -0.05) is 6.07 Å². The van der Waals surface area contributed by atoms with E-state index in [1.54, 1.807) is 19.4 Å². The van der Waals surface area contributed by atoms with Gasteiger partial charge in [0.05, 0.1) is 0 Å². The second-order valence-corrected chi connectivity index (χ2v) is 4.82.